The summed E-state index contributed by atoms with van der Waals surface area (Å²) in [4.78, 5) is 11.1. The number of carboxylic acid groups (broad SMARTS) is 1. The lowest BCUT2D eigenvalue weighted by atomic mass is 9.92. The number of hydrogen-bond acceptors (Lipinski definition) is 5. The lowest BCUT2D eigenvalue weighted by molar-refractivity contribution is -0.180. The maximum atomic E-state index is 11.1. The number of hydrogen-bond donors (Lipinski definition) is 2. The van der Waals surface area contributed by atoms with E-state index in [1.165, 1.54) is 0 Å². The van der Waals surface area contributed by atoms with Gasteiger partial charge in [-0.25, -0.2) is 0 Å². The SMILES string of the molecule is O=C(O)C[C@@H]1[C@H](O)CC[C@H]1C#CC(COc1ccccc1)OC1CCCCO1. The number of aliphatic hydroxyl groups excluding tert-OH is 1. The van der Waals surface area contributed by atoms with Crippen molar-refractivity contribution >= 4 is 5.97 Å². The van der Waals surface area contributed by atoms with Gasteiger partial charge in [-0.3, -0.25) is 4.79 Å². The Labute approximate surface area is 165 Å². The third-order valence-corrected chi connectivity index (χ3v) is 5.22. The van der Waals surface area contributed by atoms with Crippen LogP contribution in [0.15, 0.2) is 30.3 Å². The molecule has 2 fully saturated rings. The van der Waals surface area contributed by atoms with Crippen molar-refractivity contribution in [2.75, 3.05) is 13.2 Å². The van der Waals surface area contributed by atoms with Crippen LogP contribution in [-0.2, 0) is 14.3 Å². The Balaban J connectivity index is 1.65. The van der Waals surface area contributed by atoms with Gasteiger partial charge in [-0.1, -0.05) is 30.0 Å². The highest BCUT2D eigenvalue weighted by molar-refractivity contribution is 5.67. The Morgan fingerprint density at radius 3 is 2.75 bits per heavy atom. The summed E-state index contributed by atoms with van der Waals surface area (Å²) in [5, 5.41) is 19.2. The monoisotopic (exact) mass is 388 g/mol. The Morgan fingerprint density at radius 2 is 2.04 bits per heavy atom. The normalized spacial score (nSPS) is 28.2. The number of rotatable bonds is 7. The van der Waals surface area contributed by atoms with Gasteiger partial charge in [0.05, 0.1) is 12.5 Å². The number of benzene rings is 1. The van der Waals surface area contributed by atoms with Gasteiger partial charge in [0, 0.05) is 18.4 Å². The second-order valence-electron chi connectivity index (χ2n) is 7.35. The average molecular weight is 388 g/mol. The minimum absolute atomic E-state index is 0.0711. The number of carboxylic acids is 1. The Hall–Kier alpha value is -2.07. The summed E-state index contributed by atoms with van der Waals surface area (Å²) < 4.78 is 17.5. The molecule has 0 amide bonds. The molecule has 28 heavy (non-hydrogen) atoms. The molecule has 1 saturated heterocycles. The lowest BCUT2D eigenvalue weighted by Gasteiger charge is -2.25. The standard InChI is InChI=1S/C22H28O6/c23-20-12-10-16(19(20)14-21(24)25)9-11-18(28-22-8-4-5-13-26-22)15-27-17-6-2-1-3-7-17/h1-3,6-7,16,18-20,22-23H,4-5,8,10,12-15H2,(H,24,25)/t16-,18?,19+,20-,22?/m1/s1. The van der Waals surface area contributed by atoms with Crippen molar-refractivity contribution in [3.8, 4) is 17.6 Å². The van der Waals surface area contributed by atoms with Gasteiger partial charge in [0.1, 0.15) is 12.4 Å². The Bertz CT molecular complexity index is 673. The molecule has 0 bridgehead atoms. The van der Waals surface area contributed by atoms with Crippen molar-refractivity contribution in [3.05, 3.63) is 30.3 Å². The fourth-order valence-electron chi connectivity index (χ4n) is 3.71. The summed E-state index contributed by atoms with van der Waals surface area (Å²) >= 11 is 0. The largest absolute Gasteiger partial charge is 0.490 e. The van der Waals surface area contributed by atoms with E-state index < -0.39 is 18.2 Å². The van der Waals surface area contributed by atoms with Crippen LogP contribution >= 0.6 is 0 Å². The van der Waals surface area contributed by atoms with Crippen molar-refractivity contribution in [2.24, 2.45) is 11.8 Å². The molecule has 3 rings (SSSR count). The summed E-state index contributed by atoms with van der Waals surface area (Å²) in [5.41, 5.74) is 0. The molecule has 1 aromatic carbocycles. The summed E-state index contributed by atoms with van der Waals surface area (Å²) in [5.74, 6) is 5.62. The van der Waals surface area contributed by atoms with E-state index in [-0.39, 0.29) is 31.2 Å². The van der Waals surface area contributed by atoms with Gasteiger partial charge >= 0.3 is 5.97 Å². The molecule has 2 unspecified atom stereocenters. The van der Waals surface area contributed by atoms with E-state index in [9.17, 15) is 9.90 Å². The second kappa shape index (κ2) is 10.5. The van der Waals surface area contributed by atoms with Crippen LogP contribution in [0.1, 0.15) is 38.5 Å². The molecule has 0 aromatic heterocycles. The number of carbonyl (C=O) groups is 1. The molecule has 1 aliphatic carbocycles. The Morgan fingerprint density at radius 1 is 1.21 bits per heavy atom. The van der Waals surface area contributed by atoms with E-state index in [2.05, 4.69) is 11.8 Å². The predicted octanol–water partition coefficient (Wildman–Crippen LogP) is 2.84. The molecule has 152 valence electrons. The highest BCUT2D eigenvalue weighted by Gasteiger charge is 2.35. The van der Waals surface area contributed by atoms with Crippen LogP contribution in [0.5, 0.6) is 5.75 Å². The minimum atomic E-state index is -0.909. The fourth-order valence-corrected chi connectivity index (χ4v) is 3.71. The summed E-state index contributed by atoms with van der Waals surface area (Å²) in [6.07, 6.45) is 2.73. The van der Waals surface area contributed by atoms with Crippen LogP contribution < -0.4 is 4.74 Å². The predicted molar refractivity (Wildman–Crippen MR) is 103 cm³/mol. The van der Waals surface area contributed by atoms with Crippen LogP contribution in [-0.4, -0.2) is 47.9 Å². The van der Waals surface area contributed by atoms with Gasteiger partial charge in [0.2, 0.25) is 0 Å². The summed E-state index contributed by atoms with van der Waals surface area (Å²) in [6.45, 7) is 0.940. The smallest absolute Gasteiger partial charge is 0.303 e. The van der Waals surface area contributed by atoms with Crippen LogP contribution in [0, 0.1) is 23.7 Å². The van der Waals surface area contributed by atoms with E-state index in [0.717, 1.165) is 25.0 Å². The summed E-state index contributed by atoms with van der Waals surface area (Å²) in [7, 11) is 0. The topological polar surface area (TPSA) is 85.2 Å². The van der Waals surface area contributed by atoms with E-state index >= 15 is 0 Å². The van der Waals surface area contributed by atoms with Gasteiger partial charge in [-0.05, 0) is 44.2 Å². The van der Waals surface area contributed by atoms with Crippen molar-refractivity contribution in [2.45, 2.75) is 57.0 Å². The zero-order valence-electron chi connectivity index (χ0n) is 16.0. The fraction of sp³-hybridized carbons (Fsp3) is 0.591. The number of ether oxygens (including phenoxy) is 3. The highest BCUT2D eigenvalue weighted by atomic mass is 16.7. The highest BCUT2D eigenvalue weighted by Crippen LogP contribution is 2.34. The maximum Gasteiger partial charge on any atom is 0.303 e. The molecule has 1 heterocycles. The molecule has 2 aliphatic rings. The first-order valence-electron chi connectivity index (χ1n) is 9.97. The van der Waals surface area contributed by atoms with E-state index in [1.807, 2.05) is 30.3 Å². The molecule has 2 N–H and O–H groups in total. The average Bonchev–Trinajstić information content (AvgIpc) is 3.04. The number of para-hydroxylation sites is 1. The van der Waals surface area contributed by atoms with Crippen LogP contribution in [0.25, 0.3) is 0 Å². The molecule has 1 saturated carbocycles. The van der Waals surface area contributed by atoms with E-state index in [4.69, 9.17) is 19.3 Å². The lowest BCUT2D eigenvalue weighted by Crippen LogP contribution is -2.31. The number of aliphatic carboxylic acids is 1. The second-order valence-corrected chi connectivity index (χ2v) is 7.35. The third kappa shape index (κ3) is 6.23. The molecule has 5 atom stereocenters. The first kappa shape index (κ1) is 20.7. The first-order chi connectivity index (χ1) is 13.6. The van der Waals surface area contributed by atoms with Crippen molar-refractivity contribution in [3.63, 3.8) is 0 Å². The van der Waals surface area contributed by atoms with Crippen molar-refractivity contribution < 1.29 is 29.2 Å². The zero-order chi connectivity index (χ0) is 19.8. The molecule has 0 spiro atoms. The van der Waals surface area contributed by atoms with E-state index in [1.54, 1.807) is 0 Å². The van der Waals surface area contributed by atoms with Gasteiger partial charge < -0.3 is 24.4 Å². The first-order valence-corrected chi connectivity index (χ1v) is 9.97. The summed E-state index contributed by atoms with van der Waals surface area (Å²) in [6, 6.07) is 9.47. The van der Waals surface area contributed by atoms with E-state index in [0.29, 0.717) is 19.4 Å². The zero-order valence-corrected chi connectivity index (χ0v) is 16.0. The molecular formula is C22H28O6. The van der Waals surface area contributed by atoms with Gasteiger partial charge in [-0.2, -0.15) is 0 Å². The molecular weight excluding hydrogens is 360 g/mol. The molecule has 1 aliphatic heterocycles. The molecule has 6 heteroatoms. The van der Waals surface area contributed by atoms with Gasteiger partial charge in [-0.15, -0.1) is 0 Å². The van der Waals surface area contributed by atoms with Gasteiger partial charge in [0.25, 0.3) is 0 Å². The third-order valence-electron chi connectivity index (χ3n) is 5.22. The molecule has 6 nitrogen and oxygen atoms in total. The van der Waals surface area contributed by atoms with Crippen LogP contribution in [0.4, 0.5) is 0 Å². The minimum Gasteiger partial charge on any atom is -0.490 e. The quantitative estimate of drug-likeness (QED) is 0.699. The van der Waals surface area contributed by atoms with Crippen molar-refractivity contribution in [1.29, 1.82) is 0 Å². The maximum absolute atomic E-state index is 11.1. The Kier molecular flexibility index (Phi) is 7.72. The number of aliphatic hydroxyl groups is 1. The van der Waals surface area contributed by atoms with Crippen LogP contribution in [0.3, 0.4) is 0 Å². The van der Waals surface area contributed by atoms with Crippen LogP contribution in [0.2, 0.25) is 0 Å². The van der Waals surface area contributed by atoms with Gasteiger partial charge in [0.15, 0.2) is 12.4 Å². The van der Waals surface area contributed by atoms with Crippen molar-refractivity contribution in [1.82, 2.24) is 0 Å². The molecule has 1 aromatic rings. The molecule has 0 radical (unpaired) electrons.